The average molecular weight is 282 g/mol. The minimum Gasteiger partial charge on any atom is -0.326 e. The van der Waals surface area contributed by atoms with Crippen LogP contribution in [-0.2, 0) is 16.6 Å². The first-order valence-corrected chi connectivity index (χ1v) is 8.06. The summed E-state index contributed by atoms with van der Waals surface area (Å²) >= 11 is 0. The fraction of sp³-hybridized carbons (Fsp3) is 0.571. The molecule has 1 aromatic rings. The van der Waals surface area contributed by atoms with Crippen LogP contribution >= 0.6 is 0 Å². The molecule has 106 valence electrons. The van der Waals surface area contributed by atoms with Crippen molar-refractivity contribution in [3.8, 4) is 0 Å². The molecule has 1 fully saturated rings. The van der Waals surface area contributed by atoms with Gasteiger partial charge in [0.1, 0.15) is 0 Å². The Morgan fingerprint density at radius 3 is 2.58 bits per heavy atom. The van der Waals surface area contributed by atoms with Gasteiger partial charge in [0.15, 0.2) is 0 Å². The summed E-state index contributed by atoms with van der Waals surface area (Å²) in [6.07, 6.45) is 1.13. The quantitative estimate of drug-likeness (QED) is 0.894. The summed E-state index contributed by atoms with van der Waals surface area (Å²) in [4.78, 5) is 0.381. The Morgan fingerprint density at radius 2 is 2.05 bits per heavy atom. The summed E-state index contributed by atoms with van der Waals surface area (Å²) in [5.74, 6) is 1.16. The van der Waals surface area contributed by atoms with E-state index in [0.717, 1.165) is 17.5 Å². The van der Waals surface area contributed by atoms with Gasteiger partial charge in [0.05, 0.1) is 4.90 Å². The summed E-state index contributed by atoms with van der Waals surface area (Å²) < 4.78 is 26.6. The molecule has 0 bridgehead atoms. The fourth-order valence-corrected chi connectivity index (χ4v) is 3.80. The molecule has 0 spiro atoms. The van der Waals surface area contributed by atoms with Gasteiger partial charge in [-0.1, -0.05) is 19.1 Å². The van der Waals surface area contributed by atoms with E-state index in [1.54, 1.807) is 13.1 Å². The molecule has 1 aliphatic rings. The number of aryl methyl sites for hydroxylation is 1. The molecule has 0 amide bonds. The number of hydrogen-bond acceptors (Lipinski definition) is 3. The standard InChI is InChI=1S/C14H22N2O2S/c1-10-4-5-12(8-15)7-14(10)19(17,18)16(3)9-13-6-11(13)2/h4-5,7,11,13H,6,8-9,15H2,1-3H3. The lowest BCUT2D eigenvalue weighted by atomic mass is 10.1. The molecule has 5 heteroatoms. The molecular weight excluding hydrogens is 260 g/mol. The van der Waals surface area contributed by atoms with Crippen LogP contribution in [-0.4, -0.2) is 26.3 Å². The fourth-order valence-electron chi connectivity index (χ4n) is 2.30. The van der Waals surface area contributed by atoms with E-state index in [1.165, 1.54) is 4.31 Å². The molecule has 0 aliphatic heterocycles. The van der Waals surface area contributed by atoms with Gasteiger partial charge in [0, 0.05) is 20.1 Å². The highest BCUT2D eigenvalue weighted by molar-refractivity contribution is 7.89. The van der Waals surface area contributed by atoms with Gasteiger partial charge in [-0.05, 0) is 42.4 Å². The minimum absolute atomic E-state index is 0.353. The summed E-state index contributed by atoms with van der Waals surface area (Å²) in [7, 11) is -1.74. The zero-order chi connectivity index (χ0) is 14.2. The second kappa shape index (κ2) is 5.23. The Balaban J connectivity index is 2.27. The van der Waals surface area contributed by atoms with Gasteiger partial charge >= 0.3 is 0 Å². The maximum absolute atomic E-state index is 12.6. The second-order valence-corrected chi connectivity index (χ2v) is 7.58. The third-order valence-electron chi connectivity index (χ3n) is 3.94. The first kappa shape index (κ1) is 14.5. The van der Waals surface area contributed by atoms with Crippen LogP contribution in [0.4, 0.5) is 0 Å². The molecule has 4 nitrogen and oxygen atoms in total. The number of hydrogen-bond donors (Lipinski definition) is 1. The second-order valence-electron chi connectivity index (χ2n) is 5.56. The van der Waals surface area contributed by atoms with E-state index in [0.29, 0.717) is 29.8 Å². The third kappa shape index (κ3) is 2.99. The van der Waals surface area contributed by atoms with Crippen LogP contribution in [0.25, 0.3) is 0 Å². The highest BCUT2D eigenvalue weighted by Crippen LogP contribution is 2.38. The van der Waals surface area contributed by atoms with E-state index in [1.807, 2.05) is 19.1 Å². The van der Waals surface area contributed by atoms with E-state index in [2.05, 4.69) is 6.92 Å². The summed E-state index contributed by atoms with van der Waals surface area (Å²) in [6, 6.07) is 5.39. The van der Waals surface area contributed by atoms with Gasteiger partial charge in [-0.3, -0.25) is 0 Å². The van der Waals surface area contributed by atoms with Gasteiger partial charge in [-0.15, -0.1) is 0 Å². The number of sulfonamides is 1. The maximum atomic E-state index is 12.6. The van der Waals surface area contributed by atoms with E-state index >= 15 is 0 Å². The number of nitrogens with two attached hydrogens (primary N) is 1. The Hall–Kier alpha value is -0.910. The highest BCUT2D eigenvalue weighted by Gasteiger charge is 2.36. The SMILES string of the molecule is Cc1ccc(CN)cc1S(=O)(=O)N(C)CC1CC1C. The molecule has 2 rings (SSSR count). The van der Waals surface area contributed by atoms with Gasteiger partial charge < -0.3 is 5.73 Å². The highest BCUT2D eigenvalue weighted by atomic mass is 32.2. The van der Waals surface area contributed by atoms with Crippen molar-refractivity contribution in [3.63, 3.8) is 0 Å². The van der Waals surface area contributed by atoms with Crippen LogP contribution < -0.4 is 5.73 Å². The van der Waals surface area contributed by atoms with Crippen molar-refractivity contribution < 1.29 is 8.42 Å². The number of rotatable bonds is 5. The topological polar surface area (TPSA) is 63.4 Å². The third-order valence-corrected chi connectivity index (χ3v) is 5.91. The van der Waals surface area contributed by atoms with Crippen molar-refractivity contribution >= 4 is 10.0 Å². The van der Waals surface area contributed by atoms with E-state index < -0.39 is 10.0 Å². The lowest BCUT2D eigenvalue weighted by Crippen LogP contribution is -2.30. The predicted molar refractivity (Wildman–Crippen MR) is 76.2 cm³/mol. The Kier molecular flexibility index (Phi) is 3.99. The molecule has 1 aromatic carbocycles. The Morgan fingerprint density at radius 1 is 1.42 bits per heavy atom. The molecular formula is C14H22N2O2S. The number of nitrogens with zero attached hydrogens (tertiary/aromatic N) is 1. The molecule has 0 aromatic heterocycles. The molecule has 0 heterocycles. The summed E-state index contributed by atoms with van der Waals surface area (Å²) in [5, 5.41) is 0. The molecule has 2 atom stereocenters. The summed E-state index contributed by atoms with van der Waals surface area (Å²) in [5.41, 5.74) is 7.20. The van der Waals surface area contributed by atoms with Crippen molar-refractivity contribution in [1.29, 1.82) is 0 Å². The van der Waals surface area contributed by atoms with Crippen molar-refractivity contribution in [2.24, 2.45) is 17.6 Å². The molecule has 0 radical (unpaired) electrons. The predicted octanol–water partition coefficient (Wildman–Crippen LogP) is 1.73. The van der Waals surface area contributed by atoms with Gasteiger partial charge in [0.25, 0.3) is 0 Å². The summed E-state index contributed by atoms with van der Waals surface area (Å²) in [6.45, 7) is 4.94. The van der Waals surface area contributed by atoms with Crippen molar-refractivity contribution in [2.45, 2.75) is 31.7 Å². The molecule has 1 saturated carbocycles. The van der Waals surface area contributed by atoms with Crippen LogP contribution in [0.2, 0.25) is 0 Å². The minimum atomic E-state index is -3.40. The van der Waals surface area contributed by atoms with Crippen LogP contribution in [0.5, 0.6) is 0 Å². The van der Waals surface area contributed by atoms with Gasteiger partial charge in [-0.2, -0.15) is 0 Å². The molecule has 0 saturated heterocycles. The van der Waals surface area contributed by atoms with Crippen LogP contribution in [0.15, 0.2) is 23.1 Å². The average Bonchev–Trinajstić information content (AvgIpc) is 3.05. The lowest BCUT2D eigenvalue weighted by molar-refractivity contribution is 0.444. The van der Waals surface area contributed by atoms with E-state index in [9.17, 15) is 8.42 Å². The van der Waals surface area contributed by atoms with Crippen LogP contribution in [0, 0.1) is 18.8 Å². The normalized spacial score (nSPS) is 22.8. The maximum Gasteiger partial charge on any atom is 0.243 e. The smallest absolute Gasteiger partial charge is 0.243 e. The van der Waals surface area contributed by atoms with E-state index in [-0.39, 0.29) is 0 Å². The molecule has 19 heavy (non-hydrogen) atoms. The Labute approximate surface area is 115 Å². The first-order valence-electron chi connectivity index (χ1n) is 6.62. The molecule has 2 N–H and O–H groups in total. The van der Waals surface area contributed by atoms with Crippen LogP contribution in [0.3, 0.4) is 0 Å². The van der Waals surface area contributed by atoms with Gasteiger partial charge in [-0.25, -0.2) is 12.7 Å². The molecule has 1 aliphatic carbocycles. The van der Waals surface area contributed by atoms with Crippen molar-refractivity contribution in [3.05, 3.63) is 29.3 Å². The monoisotopic (exact) mass is 282 g/mol. The lowest BCUT2D eigenvalue weighted by Gasteiger charge is -2.19. The zero-order valence-electron chi connectivity index (χ0n) is 11.8. The zero-order valence-corrected chi connectivity index (χ0v) is 12.6. The van der Waals surface area contributed by atoms with Crippen LogP contribution in [0.1, 0.15) is 24.5 Å². The Bertz CT molecular complexity index is 569. The number of benzene rings is 1. The molecule has 2 unspecified atom stereocenters. The van der Waals surface area contributed by atoms with Crippen molar-refractivity contribution in [1.82, 2.24) is 4.31 Å². The first-order chi connectivity index (χ1) is 8.86. The van der Waals surface area contributed by atoms with E-state index in [4.69, 9.17) is 5.73 Å². The largest absolute Gasteiger partial charge is 0.326 e. The van der Waals surface area contributed by atoms with Crippen molar-refractivity contribution in [2.75, 3.05) is 13.6 Å². The van der Waals surface area contributed by atoms with Gasteiger partial charge in [0.2, 0.25) is 10.0 Å².